The van der Waals surface area contributed by atoms with Gasteiger partial charge in [-0.05, 0) is 62.4 Å². The zero-order valence-corrected chi connectivity index (χ0v) is 21.9. The summed E-state index contributed by atoms with van der Waals surface area (Å²) < 4.78 is 5.55. The number of rotatable bonds is 8. The highest BCUT2D eigenvalue weighted by Gasteiger charge is 2.36. The molecule has 0 bridgehead atoms. The van der Waals surface area contributed by atoms with Crippen LogP contribution < -0.4 is 16.0 Å². The molecule has 0 radical (unpaired) electrons. The Bertz CT molecular complexity index is 1170. The van der Waals surface area contributed by atoms with E-state index in [4.69, 9.17) is 4.74 Å². The number of carbonyl (C=O) groups is 3. The van der Waals surface area contributed by atoms with Gasteiger partial charge in [-0.15, -0.1) is 0 Å². The summed E-state index contributed by atoms with van der Waals surface area (Å²) >= 11 is 0. The molecule has 0 fully saturated rings. The summed E-state index contributed by atoms with van der Waals surface area (Å²) in [5.41, 5.74) is 4.96. The molecule has 3 N–H and O–H groups in total. The van der Waals surface area contributed by atoms with Crippen LogP contribution in [0.15, 0.2) is 53.7 Å². The van der Waals surface area contributed by atoms with Crippen LogP contribution in [0, 0.1) is 19.8 Å². The fourth-order valence-electron chi connectivity index (χ4n) is 4.14. The number of anilines is 2. The van der Waals surface area contributed by atoms with Gasteiger partial charge in [-0.2, -0.15) is 0 Å². The van der Waals surface area contributed by atoms with Gasteiger partial charge < -0.3 is 20.7 Å². The minimum atomic E-state index is -0.700. The van der Waals surface area contributed by atoms with Crippen molar-refractivity contribution in [2.75, 3.05) is 23.8 Å². The number of urea groups is 2. The van der Waals surface area contributed by atoms with Crippen LogP contribution in [0.3, 0.4) is 0 Å². The third-order valence-electron chi connectivity index (χ3n) is 5.92. The number of nitrogens with one attached hydrogen (secondary N) is 3. The summed E-state index contributed by atoms with van der Waals surface area (Å²) in [6.45, 7) is 12.4. The van der Waals surface area contributed by atoms with Crippen LogP contribution in [0.1, 0.15) is 56.8 Å². The standard InChI is InChI=1S/C28H36N4O4/c1-7-13-32-20(6)24(26(33)36-16-17(2)3)25(31-28(32)35)21-9-8-10-22(15-21)29-27(34)30-23-12-11-18(4)14-19(23)5/h8-12,14-15,17,25H,7,13,16H2,1-6H3,(H,31,35)(H2,29,30,34). The summed E-state index contributed by atoms with van der Waals surface area (Å²) in [6, 6.07) is 11.5. The Kier molecular flexibility index (Phi) is 8.74. The van der Waals surface area contributed by atoms with Crippen molar-refractivity contribution in [1.82, 2.24) is 10.2 Å². The largest absolute Gasteiger partial charge is 0.462 e. The van der Waals surface area contributed by atoms with Crippen molar-refractivity contribution in [2.45, 2.75) is 54.0 Å². The van der Waals surface area contributed by atoms with E-state index in [0.717, 1.165) is 23.2 Å². The second-order valence-electron chi connectivity index (χ2n) is 9.55. The molecule has 192 valence electrons. The van der Waals surface area contributed by atoms with Crippen LogP contribution >= 0.6 is 0 Å². The van der Waals surface area contributed by atoms with Gasteiger partial charge in [-0.1, -0.05) is 50.6 Å². The van der Waals surface area contributed by atoms with E-state index in [1.54, 1.807) is 30.0 Å². The van der Waals surface area contributed by atoms with Crippen molar-refractivity contribution in [3.63, 3.8) is 0 Å². The van der Waals surface area contributed by atoms with Gasteiger partial charge in [-0.3, -0.25) is 4.90 Å². The van der Waals surface area contributed by atoms with E-state index in [0.29, 0.717) is 29.1 Å². The number of aryl methyl sites for hydroxylation is 2. The van der Waals surface area contributed by atoms with Gasteiger partial charge in [0.2, 0.25) is 0 Å². The van der Waals surface area contributed by atoms with Crippen molar-refractivity contribution in [1.29, 1.82) is 0 Å². The maximum atomic E-state index is 13.1. The van der Waals surface area contributed by atoms with Crippen LogP contribution in [0.5, 0.6) is 0 Å². The normalized spacial score (nSPS) is 15.6. The van der Waals surface area contributed by atoms with Crippen LogP contribution in [0.2, 0.25) is 0 Å². The lowest BCUT2D eigenvalue weighted by Crippen LogP contribution is -2.48. The number of amides is 4. The Morgan fingerprint density at radius 2 is 1.83 bits per heavy atom. The Balaban J connectivity index is 1.87. The molecular weight excluding hydrogens is 456 g/mol. The molecule has 0 spiro atoms. The number of hydrogen-bond acceptors (Lipinski definition) is 4. The molecule has 1 aliphatic heterocycles. The molecule has 0 saturated heterocycles. The lowest BCUT2D eigenvalue weighted by molar-refractivity contribution is -0.140. The summed E-state index contributed by atoms with van der Waals surface area (Å²) in [6.07, 6.45) is 0.749. The number of nitrogens with zero attached hydrogens (tertiary/aromatic N) is 1. The highest BCUT2D eigenvalue weighted by Crippen LogP contribution is 2.32. The van der Waals surface area contributed by atoms with Crippen molar-refractivity contribution >= 4 is 29.4 Å². The maximum absolute atomic E-state index is 13.1. The first-order valence-corrected chi connectivity index (χ1v) is 12.3. The van der Waals surface area contributed by atoms with E-state index >= 15 is 0 Å². The van der Waals surface area contributed by atoms with Gasteiger partial charge in [0.15, 0.2) is 0 Å². The van der Waals surface area contributed by atoms with Crippen LogP contribution in [0.25, 0.3) is 0 Å². The van der Waals surface area contributed by atoms with Gasteiger partial charge in [0.05, 0.1) is 18.2 Å². The second kappa shape index (κ2) is 11.7. The highest BCUT2D eigenvalue weighted by atomic mass is 16.5. The van der Waals surface area contributed by atoms with Crippen molar-refractivity contribution < 1.29 is 19.1 Å². The molecule has 36 heavy (non-hydrogen) atoms. The summed E-state index contributed by atoms with van der Waals surface area (Å²) in [7, 11) is 0. The van der Waals surface area contributed by atoms with Crippen molar-refractivity contribution in [2.24, 2.45) is 5.92 Å². The fraction of sp³-hybridized carbons (Fsp3) is 0.393. The van der Waals surface area contributed by atoms with E-state index in [1.807, 2.05) is 58.9 Å². The van der Waals surface area contributed by atoms with Crippen molar-refractivity contribution in [3.8, 4) is 0 Å². The average Bonchev–Trinajstić information content (AvgIpc) is 2.82. The predicted octanol–water partition coefficient (Wildman–Crippen LogP) is 5.90. The molecule has 0 aliphatic carbocycles. The van der Waals surface area contributed by atoms with Crippen LogP contribution in [0.4, 0.5) is 21.0 Å². The van der Waals surface area contributed by atoms with Gasteiger partial charge in [0.25, 0.3) is 0 Å². The molecule has 1 aliphatic rings. The predicted molar refractivity (Wildman–Crippen MR) is 142 cm³/mol. The Morgan fingerprint density at radius 3 is 2.50 bits per heavy atom. The number of ether oxygens (including phenoxy) is 1. The number of hydrogen-bond donors (Lipinski definition) is 3. The molecule has 4 amide bonds. The zero-order chi connectivity index (χ0) is 26.4. The van der Waals surface area contributed by atoms with E-state index in [9.17, 15) is 14.4 Å². The van der Waals surface area contributed by atoms with E-state index in [1.165, 1.54) is 0 Å². The number of esters is 1. The first-order valence-electron chi connectivity index (χ1n) is 12.3. The lowest BCUT2D eigenvalue weighted by atomic mass is 9.94. The lowest BCUT2D eigenvalue weighted by Gasteiger charge is -2.35. The first kappa shape index (κ1) is 26.8. The smallest absolute Gasteiger partial charge is 0.338 e. The molecule has 1 unspecified atom stereocenters. The number of carbonyl (C=O) groups excluding carboxylic acids is 3. The molecule has 2 aromatic rings. The molecule has 8 nitrogen and oxygen atoms in total. The van der Waals surface area contributed by atoms with E-state index in [-0.39, 0.29) is 24.6 Å². The summed E-state index contributed by atoms with van der Waals surface area (Å²) in [5.74, 6) is -0.278. The molecule has 2 aromatic carbocycles. The third kappa shape index (κ3) is 6.44. The van der Waals surface area contributed by atoms with Gasteiger partial charge >= 0.3 is 18.0 Å². The van der Waals surface area contributed by atoms with Gasteiger partial charge in [0.1, 0.15) is 0 Å². The van der Waals surface area contributed by atoms with Gasteiger partial charge in [-0.25, -0.2) is 14.4 Å². The fourth-order valence-corrected chi connectivity index (χ4v) is 4.14. The Labute approximate surface area is 213 Å². The Hall–Kier alpha value is -3.81. The minimum absolute atomic E-state index is 0.182. The van der Waals surface area contributed by atoms with Crippen LogP contribution in [-0.2, 0) is 9.53 Å². The van der Waals surface area contributed by atoms with Gasteiger partial charge in [0, 0.05) is 23.6 Å². The van der Waals surface area contributed by atoms with Crippen LogP contribution in [-0.4, -0.2) is 36.1 Å². The maximum Gasteiger partial charge on any atom is 0.338 e. The third-order valence-corrected chi connectivity index (χ3v) is 5.92. The molecule has 1 heterocycles. The molecule has 3 rings (SSSR count). The molecule has 8 heteroatoms. The number of benzene rings is 2. The van der Waals surface area contributed by atoms with E-state index < -0.39 is 12.0 Å². The second-order valence-corrected chi connectivity index (χ2v) is 9.55. The average molecular weight is 493 g/mol. The molecular formula is C28H36N4O4. The van der Waals surface area contributed by atoms with E-state index in [2.05, 4.69) is 16.0 Å². The minimum Gasteiger partial charge on any atom is -0.462 e. The monoisotopic (exact) mass is 492 g/mol. The Morgan fingerprint density at radius 1 is 1.08 bits per heavy atom. The summed E-state index contributed by atoms with van der Waals surface area (Å²) in [5, 5.41) is 8.65. The highest BCUT2D eigenvalue weighted by molar-refractivity contribution is 6.00. The topological polar surface area (TPSA) is 99.8 Å². The van der Waals surface area contributed by atoms with Crippen molar-refractivity contribution in [3.05, 3.63) is 70.4 Å². The first-order chi connectivity index (χ1) is 17.1. The zero-order valence-electron chi connectivity index (χ0n) is 21.9. The molecule has 0 saturated carbocycles. The summed E-state index contributed by atoms with van der Waals surface area (Å²) in [4.78, 5) is 40.3. The molecule has 1 atom stereocenters. The number of allylic oxidation sites excluding steroid dienone is 1. The molecule has 0 aromatic heterocycles. The quantitative estimate of drug-likeness (QED) is 0.400. The SMILES string of the molecule is CCCN1C(=O)NC(c2cccc(NC(=O)Nc3ccc(C)cc3C)c2)C(C(=O)OCC(C)C)=C1C.